The van der Waals surface area contributed by atoms with Crippen LogP contribution in [0.25, 0.3) is 0 Å². The molecular formula is C41H58NOSiTi. The first-order chi connectivity index (χ1) is 19.8. The van der Waals surface area contributed by atoms with Gasteiger partial charge in [0, 0.05) is 36.2 Å². The van der Waals surface area contributed by atoms with Crippen LogP contribution in [0.1, 0.15) is 80.5 Å². The Morgan fingerprint density at radius 2 is 1.40 bits per heavy atom. The number of anilines is 1. The molecule has 1 radical (unpaired) electrons. The summed E-state index contributed by atoms with van der Waals surface area (Å²) in [6.45, 7) is 9.53. The van der Waals surface area contributed by atoms with Crippen molar-refractivity contribution in [3.63, 3.8) is 0 Å². The molecule has 2 aromatic rings. The minimum absolute atomic E-state index is 0. The second-order valence-electron chi connectivity index (χ2n) is 15.4. The third-order valence-electron chi connectivity index (χ3n) is 13.5. The van der Waals surface area contributed by atoms with Crippen molar-refractivity contribution < 1.29 is 26.8 Å². The summed E-state index contributed by atoms with van der Waals surface area (Å²) in [5, 5.41) is 14.1. The van der Waals surface area contributed by atoms with Gasteiger partial charge in [0.1, 0.15) is 5.75 Å². The minimum Gasteiger partial charge on any atom is -0.508 e. The number of benzene rings is 2. The Kier molecular flexibility index (Phi) is 10.3. The zero-order valence-corrected chi connectivity index (χ0v) is 31.9. The summed E-state index contributed by atoms with van der Waals surface area (Å²) in [5.74, 6) is 4.98. The van der Waals surface area contributed by atoms with Crippen LogP contribution in [0.3, 0.4) is 0 Å². The number of hydrogen-bond donors (Lipinski definition) is 1. The van der Waals surface area contributed by atoms with E-state index in [2.05, 4.69) is 94.3 Å². The van der Waals surface area contributed by atoms with Crippen molar-refractivity contribution in [1.29, 1.82) is 0 Å². The number of likely N-dealkylation sites (N-methyl/N-ethyl adjacent to an activating group) is 1. The predicted molar refractivity (Wildman–Crippen MR) is 193 cm³/mol. The molecule has 9 rings (SSSR count). The number of fused-ring (bicyclic) bond motifs is 5. The summed E-state index contributed by atoms with van der Waals surface area (Å²) in [7, 11) is 0.169. The Balaban J connectivity index is 0.00000115. The van der Waals surface area contributed by atoms with Crippen molar-refractivity contribution in [1.82, 2.24) is 0 Å². The summed E-state index contributed by atoms with van der Waals surface area (Å²) < 4.78 is 0. The monoisotopic (exact) mass is 656 g/mol. The van der Waals surface area contributed by atoms with Gasteiger partial charge >= 0.3 is 21.7 Å². The van der Waals surface area contributed by atoms with Crippen LogP contribution in [0.15, 0.2) is 54.6 Å². The van der Waals surface area contributed by atoms with Crippen LogP contribution in [0.2, 0.25) is 17.6 Å². The molecule has 0 amide bonds. The van der Waals surface area contributed by atoms with Crippen LogP contribution >= 0.6 is 0 Å². The fourth-order valence-electron chi connectivity index (χ4n) is 12.3. The zero-order valence-electron chi connectivity index (χ0n) is 29.4. The number of nitrogens with zero attached hydrogens (tertiary/aromatic N) is 1. The van der Waals surface area contributed by atoms with Crippen LogP contribution in [0, 0.1) is 65.7 Å². The molecule has 0 saturated heterocycles. The molecule has 2 aromatic carbocycles. The van der Waals surface area contributed by atoms with Gasteiger partial charge in [-0.3, -0.25) is 0 Å². The van der Waals surface area contributed by atoms with Gasteiger partial charge in [0.25, 0.3) is 0 Å². The number of phenolic OH excluding ortho intramolecular Hbond substituents is 1. The smallest absolute Gasteiger partial charge is 0.508 e. The van der Waals surface area contributed by atoms with E-state index >= 15 is 0 Å². The first-order valence-electron chi connectivity index (χ1n) is 16.8. The normalized spacial score (nSPS) is 34.6. The van der Waals surface area contributed by atoms with Crippen LogP contribution in [-0.2, 0) is 27.1 Å². The Bertz CT molecular complexity index is 1420. The molecule has 0 aromatic heterocycles. The van der Waals surface area contributed by atoms with Gasteiger partial charge in [-0.25, -0.2) is 0 Å². The number of allylic oxidation sites excluding steroid dienone is 3. The van der Waals surface area contributed by atoms with E-state index in [0.717, 1.165) is 23.5 Å². The molecule has 5 atom stereocenters. The average Bonchev–Trinajstić information content (AvgIpc) is 3.43. The summed E-state index contributed by atoms with van der Waals surface area (Å²) in [4.78, 5) is 2.63. The van der Waals surface area contributed by atoms with E-state index in [0.29, 0.717) is 29.3 Å². The van der Waals surface area contributed by atoms with Crippen molar-refractivity contribution in [3.8, 4) is 5.75 Å². The standard InChI is InChI=1S/C38H49NOSi.3CH3.Ti/c1-6-41(7-2,33-16-24(4)15-31(36(33)40)38-20-25-17-26(21-38)19-27(18-25)22-38)37-29-11-9-8-10-28(29)35-34(37)30-14-23(3)12-13-32(30)39(35)5;;;;/h8-16,25-29,34-35,37,40H,6-7,17-22H2,1-5H3;3*1H3;/q;3*-1;+3. The molecule has 5 saturated carbocycles. The van der Waals surface area contributed by atoms with Crippen molar-refractivity contribution in [2.24, 2.45) is 29.6 Å². The number of hydrogen-bond acceptors (Lipinski definition) is 2. The number of aryl methyl sites for hydroxylation is 2. The molecule has 0 spiro atoms. The molecule has 4 bridgehead atoms. The number of rotatable bonds is 5. The molecule has 1 heterocycles. The number of aromatic hydroxyl groups is 1. The number of phenols is 1. The quantitative estimate of drug-likeness (QED) is 0.256. The summed E-state index contributed by atoms with van der Waals surface area (Å²) >= 11 is 0. The van der Waals surface area contributed by atoms with Crippen molar-refractivity contribution in [2.75, 3.05) is 11.9 Å². The van der Waals surface area contributed by atoms with Crippen molar-refractivity contribution >= 4 is 18.9 Å². The maximum Gasteiger partial charge on any atom is 3.00 e. The first-order valence-corrected chi connectivity index (χ1v) is 19.3. The van der Waals surface area contributed by atoms with Crippen LogP contribution in [0.5, 0.6) is 5.75 Å². The van der Waals surface area contributed by atoms with E-state index < -0.39 is 8.07 Å². The SMILES string of the molecule is CC[Si](CC)(c1cc(C)cc(C23CC4CC(CC(C4)C2)C3)c1O)C1C2C=CC=CC2C2C1c1cc(C)ccc1N2C.[CH3-].[CH3-].[CH3-].[Ti+3]. The maximum atomic E-state index is 12.7. The average molecular weight is 657 g/mol. The summed E-state index contributed by atoms with van der Waals surface area (Å²) in [6.07, 6.45) is 18.0. The topological polar surface area (TPSA) is 23.5 Å². The summed E-state index contributed by atoms with van der Waals surface area (Å²) in [6, 6.07) is 15.0. The Morgan fingerprint density at radius 1 is 0.822 bits per heavy atom. The predicted octanol–water partition coefficient (Wildman–Crippen LogP) is 9.87. The minimum atomic E-state index is -2.18. The molecule has 5 fully saturated rings. The van der Waals surface area contributed by atoms with E-state index in [1.165, 1.54) is 78.2 Å². The largest absolute Gasteiger partial charge is 3.00 e. The van der Waals surface area contributed by atoms with E-state index in [9.17, 15) is 5.11 Å². The fourth-order valence-corrected chi connectivity index (χ4v) is 18.1. The van der Waals surface area contributed by atoms with Gasteiger partial charge in [-0.2, -0.15) is 0 Å². The Labute approximate surface area is 292 Å². The van der Waals surface area contributed by atoms with Gasteiger partial charge in [-0.05, 0) is 104 Å². The molecule has 5 unspecified atom stereocenters. The zero-order chi connectivity index (χ0) is 28.3. The second kappa shape index (κ2) is 12.8. The maximum absolute atomic E-state index is 12.7. The molecule has 6 aliphatic carbocycles. The molecule has 2 nitrogen and oxygen atoms in total. The third-order valence-corrected chi connectivity index (χ3v) is 19.5. The molecule has 241 valence electrons. The third kappa shape index (κ3) is 5.04. The van der Waals surface area contributed by atoms with Gasteiger partial charge in [-0.15, -0.1) is 0 Å². The van der Waals surface area contributed by atoms with Crippen LogP contribution in [-0.4, -0.2) is 26.3 Å². The molecular weight excluding hydrogens is 598 g/mol. The van der Waals surface area contributed by atoms with Crippen molar-refractivity contribution in [3.05, 3.63) is 99.2 Å². The van der Waals surface area contributed by atoms with Gasteiger partial charge in [-0.1, -0.05) is 85.6 Å². The van der Waals surface area contributed by atoms with Gasteiger partial charge in [0.15, 0.2) is 0 Å². The van der Waals surface area contributed by atoms with Gasteiger partial charge in [0.05, 0.1) is 8.07 Å². The molecule has 4 heteroatoms. The van der Waals surface area contributed by atoms with E-state index in [-0.39, 0.29) is 49.4 Å². The van der Waals surface area contributed by atoms with Gasteiger partial charge < -0.3 is 32.3 Å². The Hall–Kier alpha value is -1.55. The van der Waals surface area contributed by atoms with Crippen molar-refractivity contribution in [2.45, 2.75) is 101 Å². The Morgan fingerprint density at radius 3 is 1.98 bits per heavy atom. The van der Waals surface area contributed by atoms with Crippen LogP contribution in [0.4, 0.5) is 5.69 Å². The molecule has 45 heavy (non-hydrogen) atoms. The second-order valence-corrected chi connectivity index (χ2v) is 20.3. The van der Waals surface area contributed by atoms with E-state index in [4.69, 9.17) is 0 Å². The van der Waals surface area contributed by atoms with E-state index in [1.807, 2.05) is 0 Å². The van der Waals surface area contributed by atoms with E-state index in [1.54, 1.807) is 5.56 Å². The fraction of sp³-hybridized carbons (Fsp3) is 0.537. The molecule has 1 aliphatic heterocycles. The summed E-state index contributed by atoms with van der Waals surface area (Å²) in [5.41, 5.74) is 7.92. The molecule has 1 N–H and O–H groups in total. The van der Waals surface area contributed by atoms with Gasteiger partial charge in [0.2, 0.25) is 0 Å². The van der Waals surface area contributed by atoms with Crippen LogP contribution < -0.4 is 10.1 Å². The first kappa shape index (κ1) is 36.3. The molecule has 7 aliphatic rings.